The van der Waals surface area contributed by atoms with Crippen LogP contribution in [0.5, 0.6) is 0 Å². The van der Waals surface area contributed by atoms with Gasteiger partial charge in [-0.1, -0.05) is 0 Å². The molecule has 3 nitrogen and oxygen atoms in total. The van der Waals surface area contributed by atoms with Gasteiger partial charge in [-0.2, -0.15) is 5.10 Å². The molecule has 0 unspecified atom stereocenters. The highest BCUT2D eigenvalue weighted by Crippen LogP contribution is 2.18. The Hall–Kier alpha value is -0.510. The second-order valence-electron chi connectivity index (χ2n) is 3.15. The van der Waals surface area contributed by atoms with E-state index in [1.807, 2.05) is 17.8 Å². The Balaban J connectivity index is 2.94. The molecule has 1 aromatic heterocycles. The van der Waals surface area contributed by atoms with Gasteiger partial charge in [-0.3, -0.25) is 4.68 Å². The van der Waals surface area contributed by atoms with E-state index in [2.05, 4.69) is 46.8 Å². The van der Waals surface area contributed by atoms with Crippen molar-refractivity contribution in [3.05, 3.63) is 10.7 Å². The van der Waals surface area contributed by atoms with Gasteiger partial charge in [0.25, 0.3) is 0 Å². The third-order valence-electron chi connectivity index (χ3n) is 1.96. The van der Waals surface area contributed by atoms with Crippen LogP contribution in [0.15, 0.2) is 10.7 Å². The summed E-state index contributed by atoms with van der Waals surface area (Å²) in [6.07, 6.45) is 0. The second kappa shape index (κ2) is 3.47. The molecule has 1 aromatic rings. The molecule has 12 heavy (non-hydrogen) atoms. The van der Waals surface area contributed by atoms with Gasteiger partial charge in [-0.25, -0.2) is 0 Å². The van der Waals surface area contributed by atoms with E-state index >= 15 is 0 Å². The number of hydrogen-bond acceptors (Lipinski definition) is 2. The molecule has 0 saturated carbocycles. The lowest BCUT2D eigenvalue weighted by molar-refractivity contribution is 0.682. The van der Waals surface area contributed by atoms with Gasteiger partial charge in [-0.05, 0) is 29.8 Å². The molecule has 1 rings (SSSR count). The van der Waals surface area contributed by atoms with Crippen LogP contribution in [0, 0.1) is 0 Å². The minimum absolute atomic E-state index is 0.493. The van der Waals surface area contributed by atoms with Gasteiger partial charge in [0.2, 0.25) is 0 Å². The summed E-state index contributed by atoms with van der Waals surface area (Å²) in [7, 11) is 4.01. The molecule has 0 radical (unpaired) electrons. The predicted molar refractivity (Wildman–Crippen MR) is 54.4 cm³/mol. The first-order valence-corrected chi connectivity index (χ1v) is 4.74. The van der Waals surface area contributed by atoms with E-state index < -0.39 is 0 Å². The quantitative estimate of drug-likeness (QED) is 0.777. The lowest BCUT2D eigenvalue weighted by atomic mass is 10.3. The van der Waals surface area contributed by atoms with Gasteiger partial charge in [0.1, 0.15) is 10.4 Å². The monoisotopic (exact) mass is 231 g/mol. The zero-order valence-electron chi connectivity index (χ0n) is 7.87. The third-order valence-corrected chi connectivity index (χ3v) is 2.35. The molecule has 0 spiro atoms. The molecule has 0 aliphatic rings. The van der Waals surface area contributed by atoms with E-state index in [0.717, 1.165) is 10.4 Å². The zero-order chi connectivity index (χ0) is 9.30. The molecule has 0 aliphatic carbocycles. The van der Waals surface area contributed by atoms with E-state index in [-0.39, 0.29) is 0 Å². The SMILES string of the molecule is CC(C)N(C)c1cc(Br)nn1C. The van der Waals surface area contributed by atoms with Crippen molar-refractivity contribution in [3.8, 4) is 0 Å². The lowest BCUT2D eigenvalue weighted by Gasteiger charge is -2.22. The van der Waals surface area contributed by atoms with E-state index in [9.17, 15) is 0 Å². The van der Waals surface area contributed by atoms with Gasteiger partial charge < -0.3 is 4.90 Å². The summed E-state index contributed by atoms with van der Waals surface area (Å²) in [5, 5.41) is 4.21. The first-order chi connectivity index (χ1) is 5.52. The summed E-state index contributed by atoms with van der Waals surface area (Å²) in [4.78, 5) is 2.18. The highest BCUT2D eigenvalue weighted by molar-refractivity contribution is 9.10. The molecule has 0 aliphatic heterocycles. The van der Waals surface area contributed by atoms with Gasteiger partial charge in [0.15, 0.2) is 0 Å². The van der Waals surface area contributed by atoms with Crippen molar-refractivity contribution >= 4 is 21.7 Å². The summed E-state index contributed by atoms with van der Waals surface area (Å²) in [5.74, 6) is 1.12. The van der Waals surface area contributed by atoms with Crippen molar-refractivity contribution < 1.29 is 0 Å². The smallest absolute Gasteiger partial charge is 0.130 e. The van der Waals surface area contributed by atoms with Crippen molar-refractivity contribution in [1.82, 2.24) is 9.78 Å². The molecule has 68 valence electrons. The number of aromatic nitrogens is 2. The number of anilines is 1. The molecule has 0 atom stereocenters. The number of aryl methyl sites for hydroxylation is 1. The third kappa shape index (κ3) is 1.80. The second-order valence-corrected chi connectivity index (χ2v) is 3.97. The van der Waals surface area contributed by atoms with Crippen LogP contribution in [0.2, 0.25) is 0 Å². The van der Waals surface area contributed by atoms with E-state index in [0.29, 0.717) is 6.04 Å². The standard InChI is InChI=1S/C8H14BrN3/c1-6(2)11(3)8-5-7(9)10-12(8)4/h5-6H,1-4H3. The molecule has 0 amide bonds. The zero-order valence-corrected chi connectivity index (χ0v) is 9.46. The Morgan fingerprint density at radius 1 is 1.58 bits per heavy atom. The maximum absolute atomic E-state index is 4.21. The molecular formula is C8H14BrN3. The van der Waals surface area contributed by atoms with E-state index in [4.69, 9.17) is 0 Å². The van der Waals surface area contributed by atoms with E-state index in [1.54, 1.807) is 0 Å². The van der Waals surface area contributed by atoms with Crippen molar-refractivity contribution in [3.63, 3.8) is 0 Å². The summed E-state index contributed by atoms with van der Waals surface area (Å²) in [6, 6.07) is 2.51. The summed E-state index contributed by atoms with van der Waals surface area (Å²) in [6.45, 7) is 4.31. The molecule has 0 bridgehead atoms. The summed E-state index contributed by atoms with van der Waals surface area (Å²) >= 11 is 3.34. The average molecular weight is 232 g/mol. The number of halogens is 1. The van der Waals surface area contributed by atoms with Crippen LogP contribution in [0.1, 0.15) is 13.8 Å². The van der Waals surface area contributed by atoms with Crippen LogP contribution in [-0.2, 0) is 7.05 Å². The molecule has 0 aromatic carbocycles. The Morgan fingerprint density at radius 2 is 2.17 bits per heavy atom. The van der Waals surface area contributed by atoms with Gasteiger partial charge in [0, 0.05) is 26.2 Å². The number of nitrogens with zero attached hydrogens (tertiary/aromatic N) is 3. The topological polar surface area (TPSA) is 21.1 Å². The lowest BCUT2D eigenvalue weighted by Crippen LogP contribution is -2.27. The highest BCUT2D eigenvalue weighted by atomic mass is 79.9. The first-order valence-electron chi connectivity index (χ1n) is 3.94. The summed E-state index contributed by atoms with van der Waals surface area (Å²) < 4.78 is 2.75. The Kier molecular flexibility index (Phi) is 2.77. The largest absolute Gasteiger partial charge is 0.357 e. The Morgan fingerprint density at radius 3 is 2.50 bits per heavy atom. The van der Waals surface area contributed by atoms with Crippen LogP contribution in [0.3, 0.4) is 0 Å². The van der Waals surface area contributed by atoms with Crippen LogP contribution < -0.4 is 4.90 Å². The fourth-order valence-corrected chi connectivity index (χ4v) is 1.46. The predicted octanol–water partition coefficient (Wildman–Crippen LogP) is 2.03. The normalized spacial score (nSPS) is 10.8. The van der Waals surface area contributed by atoms with Crippen LogP contribution in [-0.4, -0.2) is 22.9 Å². The number of hydrogen-bond donors (Lipinski definition) is 0. The minimum Gasteiger partial charge on any atom is -0.357 e. The molecule has 0 N–H and O–H groups in total. The molecule has 0 fully saturated rings. The fraction of sp³-hybridized carbons (Fsp3) is 0.625. The van der Waals surface area contributed by atoms with Crippen LogP contribution in [0.4, 0.5) is 5.82 Å². The van der Waals surface area contributed by atoms with Gasteiger partial charge in [0.05, 0.1) is 0 Å². The average Bonchev–Trinajstić information content (AvgIpc) is 2.28. The van der Waals surface area contributed by atoms with Crippen molar-refractivity contribution in [1.29, 1.82) is 0 Å². The van der Waals surface area contributed by atoms with E-state index in [1.165, 1.54) is 0 Å². The Bertz CT molecular complexity index is 267. The van der Waals surface area contributed by atoms with Crippen molar-refractivity contribution in [2.24, 2.45) is 7.05 Å². The maximum atomic E-state index is 4.21. The molecule has 0 saturated heterocycles. The van der Waals surface area contributed by atoms with Crippen molar-refractivity contribution in [2.75, 3.05) is 11.9 Å². The number of rotatable bonds is 2. The van der Waals surface area contributed by atoms with Gasteiger partial charge >= 0.3 is 0 Å². The molecular weight excluding hydrogens is 218 g/mol. The molecule has 4 heteroatoms. The fourth-order valence-electron chi connectivity index (χ4n) is 1.02. The van der Waals surface area contributed by atoms with Crippen LogP contribution in [0.25, 0.3) is 0 Å². The summed E-state index contributed by atoms with van der Waals surface area (Å²) in [5.41, 5.74) is 0. The molecule has 1 heterocycles. The first kappa shape index (κ1) is 9.58. The van der Waals surface area contributed by atoms with Gasteiger partial charge in [-0.15, -0.1) is 0 Å². The van der Waals surface area contributed by atoms with Crippen LogP contribution >= 0.6 is 15.9 Å². The maximum Gasteiger partial charge on any atom is 0.130 e. The van der Waals surface area contributed by atoms with Crippen molar-refractivity contribution in [2.45, 2.75) is 19.9 Å². The highest BCUT2D eigenvalue weighted by Gasteiger charge is 2.09. The Labute approximate surface area is 81.5 Å². The minimum atomic E-state index is 0.493.